The van der Waals surface area contributed by atoms with Crippen LogP contribution in [0.5, 0.6) is 0 Å². The molecule has 0 amide bonds. The van der Waals surface area contributed by atoms with Crippen LogP contribution in [0.4, 0.5) is 0 Å². The van der Waals surface area contributed by atoms with E-state index in [1.54, 1.807) is 0 Å². The highest BCUT2D eigenvalue weighted by molar-refractivity contribution is 6.64. The number of nitrogens with zero attached hydrogens (tertiary/aromatic N) is 3. The third-order valence-corrected chi connectivity index (χ3v) is 7.90. The Kier molecular flexibility index (Phi) is 5.37. The van der Waals surface area contributed by atoms with E-state index in [4.69, 9.17) is 20.4 Å². The zero-order valence-electron chi connectivity index (χ0n) is 22.5. The molecule has 0 aliphatic heterocycles. The van der Waals surface area contributed by atoms with Gasteiger partial charge in [-0.25, -0.2) is 15.0 Å². The first-order valence-electron chi connectivity index (χ1n) is 13.8. The summed E-state index contributed by atoms with van der Waals surface area (Å²) in [5.74, 6) is 0. The minimum atomic E-state index is 0.142. The Morgan fingerprint density at radius 3 is 1.76 bits per heavy atom. The van der Waals surface area contributed by atoms with E-state index in [-0.39, 0.29) is 11.4 Å². The largest absolute Gasteiger partial charge is 0.298 e. The lowest BCUT2D eigenvalue weighted by Crippen LogP contribution is -2.22. The minimum Gasteiger partial charge on any atom is -0.298 e. The molecule has 8 rings (SSSR count). The maximum atomic E-state index is 9.18. The van der Waals surface area contributed by atoms with E-state index in [0.717, 1.165) is 66.4 Å². The lowest BCUT2D eigenvalue weighted by atomic mass is 9.83. The zero-order valence-corrected chi connectivity index (χ0v) is 22.5. The Morgan fingerprint density at radius 2 is 1.05 bits per heavy atom. The number of fused-ring (bicyclic) bond motifs is 6. The molecular formula is C37H23N5. The first-order chi connectivity index (χ1) is 20.7. The molecule has 0 saturated carbocycles. The predicted molar refractivity (Wildman–Crippen MR) is 172 cm³/mol. The van der Waals surface area contributed by atoms with E-state index in [1.165, 1.54) is 0 Å². The smallest absolute Gasteiger partial charge is 0.0972 e. The number of hydrogen-bond acceptors (Lipinski definition) is 5. The monoisotopic (exact) mass is 537 g/mol. The standard InChI is InChI=1S/C37H23N5/c38-33-27(21-28-32(34(33)39)26-13-7-8-14-30(26)41-35(28)23-11-5-2-6-12-23)31-20-18-25-16-15-24-17-19-29(22-9-3-1-4-10-22)40-36(24)37(25)42-31/h1-21,38-39H. The van der Waals surface area contributed by atoms with Gasteiger partial charge in [-0.15, -0.1) is 0 Å². The highest BCUT2D eigenvalue weighted by Gasteiger charge is 2.28. The molecule has 3 aromatic heterocycles. The van der Waals surface area contributed by atoms with E-state index in [0.29, 0.717) is 11.3 Å². The summed E-state index contributed by atoms with van der Waals surface area (Å²) in [6.45, 7) is 0. The van der Waals surface area contributed by atoms with Crippen LogP contribution in [0.2, 0.25) is 0 Å². The van der Waals surface area contributed by atoms with Crippen LogP contribution in [0, 0.1) is 10.8 Å². The maximum absolute atomic E-state index is 9.18. The fourth-order valence-electron chi connectivity index (χ4n) is 5.82. The van der Waals surface area contributed by atoms with Gasteiger partial charge < -0.3 is 0 Å². The fraction of sp³-hybridized carbons (Fsp3) is 0. The van der Waals surface area contributed by atoms with Gasteiger partial charge in [0.15, 0.2) is 0 Å². The molecule has 0 fully saturated rings. The fourth-order valence-corrected chi connectivity index (χ4v) is 5.82. The molecule has 0 spiro atoms. The first-order valence-corrected chi connectivity index (χ1v) is 13.8. The number of nitrogens with one attached hydrogen (secondary N) is 2. The van der Waals surface area contributed by atoms with Crippen molar-refractivity contribution >= 4 is 55.8 Å². The minimum absolute atomic E-state index is 0.142. The van der Waals surface area contributed by atoms with Crippen molar-refractivity contribution in [1.82, 2.24) is 15.0 Å². The Hall–Kier alpha value is -5.81. The third-order valence-electron chi connectivity index (χ3n) is 7.90. The molecule has 4 aromatic carbocycles. The predicted octanol–water partition coefficient (Wildman–Crippen LogP) is 8.61. The van der Waals surface area contributed by atoms with Crippen LogP contribution in [-0.2, 0) is 0 Å². The molecule has 5 heteroatoms. The molecule has 1 aliphatic carbocycles. The molecule has 42 heavy (non-hydrogen) atoms. The van der Waals surface area contributed by atoms with Crippen LogP contribution in [0.1, 0.15) is 16.8 Å². The van der Waals surface area contributed by atoms with Gasteiger partial charge in [0.1, 0.15) is 0 Å². The number of rotatable bonds is 3. The van der Waals surface area contributed by atoms with Gasteiger partial charge in [-0.05, 0) is 24.3 Å². The van der Waals surface area contributed by atoms with Gasteiger partial charge in [-0.3, -0.25) is 10.8 Å². The number of allylic oxidation sites excluding steroid dienone is 1. The highest BCUT2D eigenvalue weighted by atomic mass is 14.8. The van der Waals surface area contributed by atoms with Crippen molar-refractivity contribution in [3.63, 3.8) is 0 Å². The van der Waals surface area contributed by atoms with Gasteiger partial charge in [0.2, 0.25) is 0 Å². The summed E-state index contributed by atoms with van der Waals surface area (Å²) in [4.78, 5) is 15.2. The van der Waals surface area contributed by atoms with E-state index in [2.05, 4.69) is 30.3 Å². The summed E-state index contributed by atoms with van der Waals surface area (Å²) >= 11 is 0. The summed E-state index contributed by atoms with van der Waals surface area (Å²) in [5.41, 5.74) is 9.18. The summed E-state index contributed by atoms with van der Waals surface area (Å²) < 4.78 is 0. The van der Waals surface area contributed by atoms with Gasteiger partial charge in [-0.1, -0.05) is 103 Å². The highest BCUT2D eigenvalue weighted by Crippen LogP contribution is 2.38. The Bertz CT molecular complexity index is 2270. The number of aromatic nitrogens is 3. The molecule has 0 bridgehead atoms. The molecular weight excluding hydrogens is 514 g/mol. The second kappa shape index (κ2) is 9.39. The van der Waals surface area contributed by atoms with Crippen LogP contribution in [0.3, 0.4) is 0 Å². The molecule has 7 aromatic rings. The average Bonchev–Trinajstić information content (AvgIpc) is 3.06. The first kappa shape index (κ1) is 24.0. The van der Waals surface area contributed by atoms with Gasteiger partial charge in [-0.2, -0.15) is 0 Å². The Balaban J connectivity index is 1.37. The van der Waals surface area contributed by atoms with Crippen LogP contribution in [0.25, 0.3) is 66.9 Å². The summed E-state index contributed by atoms with van der Waals surface area (Å²) in [7, 11) is 0. The summed E-state index contributed by atoms with van der Waals surface area (Å²) in [5, 5.41) is 21.1. The SMILES string of the molecule is N=C1C(=N)c2c(c(-c3ccccc3)nc3ccccc23)C=C1c1ccc2ccc3ccc(-c4ccccc4)nc3c2n1. The van der Waals surface area contributed by atoms with Crippen molar-refractivity contribution in [3.8, 4) is 22.5 Å². The van der Waals surface area contributed by atoms with E-state index in [9.17, 15) is 5.41 Å². The third kappa shape index (κ3) is 3.75. The van der Waals surface area contributed by atoms with Crippen LogP contribution in [-0.4, -0.2) is 26.4 Å². The van der Waals surface area contributed by atoms with Gasteiger partial charge in [0.05, 0.1) is 45.1 Å². The number of pyridine rings is 3. The summed E-state index contributed by atoms with van der Waals surface area (Å²) in [6, 6.07) is 40.2. The van der Waals surface area contributed by atoms with Crippen LogP contribution in [0.15, 0.2) is 121 Å². The van der Waals surface area contributed by atoms with E-state index >= 15 is 0 Å². The van der Waals surface area contributed by atoms with Crippen LogP contribution >= 0.6 is 0 Å². The topological polar surface area (TPSA) is 86.4 Å². The van der Waals surface area contributed by atoms with Crippen molar-refractivity contribution in [3.05, 3.63) is 138 Å². The Labute approximate surface area is 241 Å². The number of para-hydroxylation sites is 1. The molecule has 0 radical (unpaired) electrons. The maximum Gasteiger partial charge on any atom is 0.0972 e. The second-order valence-electron chi connectivity index (χ2n) is 10.4. The molecule has 0 atom stereocenters. The molecule has 3 heterocycles. The Morgan fingerprint density at radius 1 is 0.476 bits per heavy atom. The van der Waals surface area contributed by atoms with Gasteiger partial charge in [0.25, 0.3) is 0 Å². The quantitative estimate of drug-likeness (QED) is 0.221. The lowest BCUT2D eigenvalue weighted by Gasteiger charge is -2.23. The van der Waals surface area contributed by atoms with Crippen molar-refractivity contribution in [2.45, 2.75) is 0 Å². The van der Waals surface area contributed by atoms with Gasteiger partial charge >= 0.3 is 0 Å². The van der Waals surface area contributed by atoms with Crippen molar-refractivity contribution in [1.29, 1.82) is 10.8 Å². The average molecular weight is 538 g/mol. The van der Waals surface area contributed by atoms with E-state index < -0.39 is 0 Å². The number of hydrogen-bond donors (Lipinski definition) is 2. The molecule has 0 saturated heterocycles. The molecule has 1 aliphatic rings. The molecule has 196 valence electrons. The van der Waals surface area contributed by atoms with Crippen molar-refractivity contribution < 1.29 is 0 Å². The molecule has 0 unspecified atom stereocenters. The summed E-state index contributed by atoms with van der Waals surface area (Å²) in [6.07, 6.45) is 1.99. The lowest BCUT2D eigenvalue weighted by molar-refractivity contribution is 1.33. The second-order valence-corrected chi connectivity index (χ2v) is 10.4. The number of benzene rings is 4. The molecule has 5 nitrogen and oxygen atoms in total. The van der Waals surface area contributed by atoms with Gasteiger partial charge in [0, 0.05) is 44.0 Å². The van der Waals surface area contributed by atoms with Crippen LogP contribution < -0.4 is 0 Å². The normalized spacial score (nSPS) is 13.0. The van der Waals surface area contributed by atoms with E-state index in [1.807, 2.05) is 97.1 Å². The zero-order chi connectivity index (χ0) is 28.2. The van der Waals surface area contributed by atoms with Crippen molar-refractivity contribution in [2.24, 2.45) is 0 Å². The van der Waals surface area contributed by atoms with Crippen molar-refractivity contribution in [2.75, 3.05) is 0 Å². The molecule has 2 N–H and O–H groups in total.